The van der Waals surface area contributed by atoms with Crippen LogP contribution in [0.3, 0.4) is 0 Å². The van der Waals surface area contributed by atoms with Crippen LogP contribution in [0.5, 0.6) is 0 Å². The lowest BCUT2D eigenvalue weighted by Gasteiger charge is -2.24. The average Bonchev–Trinajstić information content (AvgIpc) is 2.73. The maximum atomic E-state index is 5.50. The van der Waals surface area contributed by atoms with Gasteiger partial charge >= 0.3 is 6.01 Å². The third-order valence-electron chi connectivity index (χ3n) is 3.19. The van der Waals surface area contributed by atoms with Crippen LogP contribution in [0.2, 0.25) is 0 Å². The van der Waals surface area contributed by atoms with Crippen molar-refractivity contribution in [3.05, 3.63) is 5.89 Å². The molecule has 0 aliphatic rings. The van der Waals surface area contributed by atoms with Crippen LogP contribution in [-0.4, -0.2) is 23.3 Å². The monoisotopic (exact) mass is 254 g/mol. The van der Waals surface area contributed by atoms with Crippen LogP contribution in [0.25, 0.3) is 0 Å². The van der Waals surface area contributed by atoms with Crippen molar-refractivity contribution in [1.82, 2.24) is 15.5 Å². The SMILES string of the molecule is CCNCc1nnc(NCC(C(C)C)C(C)C)o1. The maximum Gasteiger partial charge on any atom is 0.315 e. The fourth-order valence-corrected chi connectivity index (χ4v) is 2.07. The van der Waals surface area contributed by atoms with E-state index in [0.717, 1.165) is 13.1 Å². The van der Waals surface area contributed by atoms with Gasteiger partial charge in [0.1, 0.15) is 0 Å². The van der Waals surface area contributed by atoms with Crippen molar-refractivity contribution >= 4 is 6.01 Å². The highest BCUT2D eigenvalue weighted by Gasteiger charge is 2.18. The van der Waals surface area contributed by atoms with Gasteiger partial charge in [-0.3, -0.25) is 0 Å². The second kappa shape index (κ2) is 7.36. The summed E-state index contributed by atoms with van der Waals surface area (Å²) in [5.41, 5.74) is 0. The van der Waals surface area contributed by atoms with Gasteiger partial charge in [-0.1, -0.05) is 39.7 Å². The summed E-state index contributed by atoms with van der Waals surface area (Å²) < 4.78 is 5.50. The maximum absolute atomic E-state index is 5.50. The molecule has 1 heterocycles. The molecule has 1 aromatic rings. The number of nitrogens with one attached hydrogen (secondary N) is 2. The minimum Gasteiger partial charge on any atom is -0.407 e. The molecule has 0 aliphatic heterocycles. The molecular formula is C13H26N4O. The van der Waals surface area contributed by atoms with Gasteiger partial charge in [0, 0.05) is 6.54 Å². The van der Waals surface area contributed by atoms with Crippen molar-refractivity contribution in [2.45, 2.75) is 41.2 Å². The molecule has 0 fully saturated rings. The van der Waals surface area contributed by atoms with Crippen LogP contribution in [-0.2, 0) is 6.54 Å². The molecule has 0 aliphatic carbocycles. The molecule has 0 aromatic carbocycles. The lowest BCUT2D eigenvalue weighted by molar-refractivity contribution is 0.302. The first-order valence-corrected chi connectivity index (χ1v) is 6.81. The summed E-state index contributed by atoms with van der Waals surface area (Å²) in [5, 5.41) is 14.4. The summed E-state index contributed by atoms with van der Waals surface area (Å²) >= 11 is 0. The van der Waals surface area contributed by atoms with Crippen LogP contribution in [0, 0.1) is 17.8 Å². The molecule has 0 amide bonds. The minimum atomic E-state index is 0.522. The van der Waals surface area contributed by atoms with E-state index in [1.165, 1.54) is 0 Å². The zero-order chi connectivity index (χ0) is 13.5. The number of aromatic nitrogens is 2. The fraction of sp³-hybridized carbons (Fsp3) is 0.846. The number of hydrogen-bond donors (Lipinski definition) is 2. The highest BCUT2D eigenvalue weighted by Crippen LogP contribution is 2.20. The third-order valence-corrected chi connectivity index (χ3v) is 3.19. The largest absolute Gasteiger partial charge is 0.407 e. The Hall–Kier alpha value is -1.10. The first-order valence-electron chi connectivity index (χ1n) is 6.81. The van der Waals surface area contributed by atoms with Gasteiger partial charge in [0.2, 0.25) is 5.89 Å². The minimum absolute atomic E-state index is 0.522. The second-order valence-corrected chi connectivity index (χ2v) is 5.31. The van der Waals surface area contributed by atoms with Crippen molar-refractivity contribution in [1.29, 1.82) is 0 Å². The van der Waals surface area contributed by atoms with Gasteiger partial charge in [0.05, 0.1) is 6.54 Å². The topological polar surface area (TPSA) is 63.0 Å². The quantitative estimate of drug-likeness (QED) is 0.746. The van der Waals surface area contributed by atoms with Crippen LogP contribution in [0.1, 0.15) is 40.5 Å². The summed E-state index contributed by atoms with van der Waals surface area (Å²) in [4.78, 5) is 0. The van der Waals surface area contributed by atoms with E-state index < -0.39 is 0 Å². The number of rotatable bonds is 8. The zero-order valence-electron chi connectivity index (χ0n) is 12.2. The molecule has 0 saturated carbocycles. The molecular weight excluding hydrogens is 228 g/mol. The van der Waals surface area contributed by atoms with Crippen LogP contribution < -0.4 is 10.6 Å². The van der Waals surface area contributed by atoms with E-state index in [9.17, 15) is 0 Å². The first-order chi connectivity index (χ1) is 8.54. The Balaban J connectivity index is 2.44. The van der Waals surface area contributed by atoms with Crippen molar-refractivity contribution in [3.63, 3.8) is 0 Å². The molecule has 1 rings (SSSR count). The molecule has 0 spiro atoms. The highest BCUT2D eigenvalue weighted by molar-refractivity contribution is 5.17. The Morgan fingerprint density at radius 1 is 1.11 bits per heavy atom. The molecule has 2 N–H and O–H groups in total. The normalized spacial score (nSPS) is 11.8. The molecule has 0 bridgehead atoms. The van der Waals surface area contributed by atoms with E-state index in [0.29, 0.717) is 36.2 Å². The van der Waals surface area contributed by atoms with E-state index in [4.69, 9.17) is 4.42 Å². The number of anilines is 1. The van der Waals surface area contributed by atoms with Gasteiger partial charge in [0.15, 0.2) is 0 Å². The summed E-state index contributed by atoms with van der Waals surface area (Å²) in [5.74, 6) is 2.52. The Bertz CT molecular complexity index is 327. The third kappa shape index (κ3) is 4.64. The van der Waals surface area contributed by atoms with E-state index in [2.05, 4.69) is 48.5 Å². The highest BCUT2D eigenvalue weighted by atomic mass is 16.4. The zero-order valence-corrected chi connectivity index (χ0v) is 12.2. The Morgan fingerprint density at radius 2 is 1.78 bits per heavy atom. The number of hydrogen-bond acceptors (Lipinski definition) is 5. The van der Waals surface area contributed by atoms with Gasteiger partial charge in [-0.05, 0) is 24.3 Å². The summed E-state index contributed by atoms with van der Waals surface area (Å²) in [6, 6.07) is 0.522. The predicted octanol–water partition coefficient (Wildman–Crippen LogP) is 2.52. The van der Waals surface area contributed by atoms with Crippen molar-refractivity contribution in [2.24, 2.45) is 17.8 Å². The van der Waals surface area contributed by atoms with E-state index in [-0.39, 0.29) is 0 Å². The summed E-state index contributed by atoms with van der Waals surface area (Å²) in [6.07, 6.45) is 0. The Morgan fingerprint density at radius 3 is 2.33 bits per heavy atom. The van der Waals surface area contributed by atoms with Crippen molar-refractivity contribution in [3.8, 4) is 0 Å². The summed E-state index contributed by atoms with van der Waals surface area (Å²) in [6.45, 7) is 13.4. The van der Waals surface area contributed by atoms with Gasteiger partial charge in [-0.25, -0.2) is 0 Å². The van der Waals surface area contributed by atoms with E-state index >= 15 is 0 Å². The van der Waals surface area contributed by atoms with Gasteiger partial charge in [0.25, 0.3) is 0 Å². The predicted molar refractivity (Wildman–Crippen MR) is 73.3 cm³/mol. The van der Waals surface area contributed by atoms with Gasteiger partial charge in [-0.2, -0.15) is 0 Å². The van der Waals surface area contributed by atoms with Crippen LogP contribution >= 0.6 is 0 Å². The van der Waals surface area contributed by atoms with Crippen LogP contribution in [0.4, 0.5) is 6.01 Å². The molecule has 18 heavy (non-hydrogen) atoms. The van der Waals surface area contributed by atoms with Gasteiger partial charge in [-0.15, -0.1) is 5.10 Å². The van der Waals surface area contributed by atoms with Crippen molar-refractivity contribution in [2.75, 3.05) is 18.4 Å². The molecule has 0 radical (unpaired) electrons. The summed E-state index contributed by atoms with van der Waals surface area (Å²) in [7, 11) is 0. The smallest absolute Gasteiger partial charge is 0.315 e. The lowest BCUT2D eigenvalue weighted by atomic mass is 9.85. The van der Waals surface area contributed by atoms with Crippen LogP contribution in [0.15, 0.2) is 4.42 Å². The molecule has 104 valence electrons. The molecule has 0 unspecified atom stereocenters. The van der Waals surface area contributed by atoms with E-state index in [1.54, 1.807) is 0 Å². The lowest BCUT2D eigenvalue weighted by Crippen LogP contribution is -2.24. The van der Waals surface area contributed by atoms with Crippen molar-refractivity contribution < 1.29 is 4.42 Å². The molecule has 5 heteroatoms. The standard InChI is InChI=1S/C13H26N4O/c1-6-14-8-12-16-17-13(18-12)15-7-11(9(2)3)10(4)5/h9-11,14H,6-8H2,1-5H3,(H,15,17). The first kappa shape index (κ1) is 15.0. The average molecular weight is 254 g/mol. The van der Waals surface area contributed by atoms with Gasteiger partial charge < -0.3 is 15.1 Å². The molecule has 1 aromatic heterocycles. The second-order valence-electron chi connectivity index (χ2n) is 5.31. The fourth-order valence-electron chi connectivity index (χ4n) is 2.07. The Kier molecular flexibility index (Phi) is 6.12. The van der Waals surface area contributed by atoms with E-state index in [1.807, 2.05) is 6.92 Å². The Labute approximate surface area is 110 Å². The molecule has 0 saturated heterocycles. The number of nitrogens with zero attached hydrogens (tertiary/aromatic N) is 2. The molecule has 5 nitrogen and oxygen atoms in total. The molecule has 0 atom stereocenters.